The zero-order valence-electron chi connectivity index (χ0n) is 13.5. The molecular weight excluding hydrogens is 409 g/mol. The van der Waals surface area contributed by atoms with Crippen LogP contribution in [0.1, 0.15) is 5.56 Å². The number of sulfonamides is 1. The van der Waals surface area contributed by atoms with E-state index in [9.17, 15) is 31.7 Å². The predicted octanol–water partition coefficient (Wildman–Crippen LogP) is 4.65. The molecule has 2 aromatic carbocycles. The van der Waals surface area contributed by atoms with Crippen molar-refractivity contribution in [2.75, 3.05) is 10.8 Å². The number of anilines is 1. The molecule has 0 spiro atoms. The van der Waals surface area contributed by atoms with Crippen LogP contribution in [0, 0.1) is 10.1 Å². The van der Waals surface area contributed by atoms with Gasteiger partial charge in [0.15, 0.2) is 0 Å². The van der Waals surface area contributed by atoms with Crippen molar-refractivity contribution in [1.82, 2.24) is 0 Å². The van der Waals surface area contributed by atoms with E-state index in [1.165, 1.54) is 6.08 Å². The first-order valence-corrected chi connectivity index (χ1v) is 9.05. The van der Waals surface area contributed by atoms with Crippen LogP contribution in [0.5, 0.6) is 0 Å². The number of alkyl halides is 3. The molecule has 0 aliphatic carbocycles. The van der Waals surface area contributed by atoms with Crippen LogP contribution in [0.4, 0.5) is 24.5 Å². The maximum atomic E-state index is 13.0. The quantitative estimate of drug-likeness (QED) is 0.387. The molecule has 0 aliphatic heterocycles. The third kappa shape index (κ3) is 4.40. The zero-order chi connectivity index (χ0) is 20.4. The highest BCUT2D eigenvalue weighted by atomic mass is 35.5. The normalized spacial score (nSPS) is 11.9. The number of halogens is 4. The minimum atomic E-state index is -4.70. The van der Waals surface area contributed by atoms with Crippen molar-refractivity contribution >= 4 is 33.0 Å². The van der Waals surface area contributed by atoms with Gasteiger partial charge in [-0.2, -0.15) is 13.2 Å². The molecule has 0 saturated carbocycles. The number of non-ortho nitro benzene ring substituents is 1. The Labute approximate surface area is 157 Å². The summed E-state index contributed by atoms with van der Waals surface area (Å²) in [6, 6.07) is 6.24. The maximum absolute atomic E-state index is 13.0. The number of nitro groups is 1. The first-order chi connectivity index (χ1) is 12.5. The highest BCUT2D eigenvalue weighted by Crippen LogP contribution is 2.37. The van der Waals surface area contributed by atoms with Crippen LogP contribution >= 0.6 is 11.6 Å². The van der Waals surface area contributed by atoms with Gasteiger partial charge in [-0.05, 0) is 30.3 Å². The second-order valence-electron chi connectivity index (χ2n) is 5.24. The van der Waals surface area contributed by atoms with Crippen LogP contribution in [0.25, 0.3) is 0 Å². The average Bonchev–Trinajstić information content (AvgIpc) is 2.59. The van der Waals surface area contributed by atoms with E-state index in [2.05, 4.69) is 6.58 Å². The molecule has 11 heteroatoms. The number of rotatable bonds is 6. The lowest BCUT2D eigenvalue weighted by molar-refractivity contribution is -0.384. The van der Waals surface area contributed by atoms with Gasteiger partial charge in [0.1, 0.15) is 0 Å². The molecule has 2 rings (SSSR count). The zero-order valence-corrected chi connectivity index (χ0v) is 15.1. The fourth-order valence-corrected chi connectivity index (χ4v) is 3.91. The Morgan fingerprint density at radius 3 is 2.26 bits per heavy atom. The summed E-state index contributed by atoms with van der Waals surface area (Å²) in [6.45, 7) is 3.05. The number of nitrogens with zero attached hydrogens (tertiary/aromatic N) is 2. The predicted molar refractivity (Wildman–Crippen MR) is 94.3 cm³/mol. The lowest BCUT2D eigenvalue weighted by Crippen LogP contribution is -2.31. The van der Waals surface area contributed by atoms with Gasteiger partial charge in [0.25, 0.3) is 15.7 Å². The molecule has 0 atom stereocenters. The summed E-state index contributed by atoms with van der Waals surface area (Å²) in [6.07, 6.45) is -3.52. The molecule has 144 valence electrons. The first kappa shape index (κ1) is 20.7. The van der Waals surface area contributed by atoms with Gasteiger partial charge < -0.3 is 0 Å². The van der Waals surface area contributed by atoms with Gasteiger partial charge in [0.05, 0.1) is 32.6 Å². The van der Waals surface area contributed by atoms with Crippen LogP contribution in [-0.4, -0.2) is 19.9 Å². The van der Waals surface area contributed by atoms with Crippen LogP contribution in [0.3, 0.4) is 0 Å². The standard InChI is InChI=1S/C16H12ClF3N2O4S/c1-2-9-21(15-10-11(16(18,19)20)3-8-14(15)17)27(25,26)13-6-4-12(5-7-13)22(23)24/h2-8,10H,1,9H2. The number of hydrogen-bond acceptors (Lipinski definition) is 4. The van der Waals surface area contributed by atoms with E-state index < -0.39 is 26.7 Å². The van der Waals surface area contributed by atoms with Crippen molar-refractivity contribution in [1.29, 1.82) is 0 Å². The van der Waals surface area contributed by atoms with Gasteiger partial charge in [-0.3, -0.25) is 14.4 Å². The van der Waals surface area contributed by atoms with Crippen molar-refractivity contribution in [3.05, 3.63) is 75.8 Å². The SMILES string of the molecule is C=CCN(c1cc(C(F)(F)F)ccc1Cl)S(=O)(=O)c1ccc([N+](=O)[O-])cc1. The molecule has 0 saturated heterocycles. The van der Waals surface area contributed by atoms with Crippen LogP contribution in [0.15, 0.2) is 60.0 Å². The lowest BCUT2D eigenvalue weighted by atomic mass is 10.2. The van der Waals surface area contributed by atoms with E-state index in [0.29, 0.717) is 10.4 Å². The highest BCUT2D eigenvalue weighted by Gasteiger charge is 2.33. The van der Waals surface area contributed by atoms with Crippen molar-refractivity contribution in [3.8, 4) is 0 Å². The molecular formula is C16H12ClF3N2O4S. The molecule has 0 amide bonds. The minimum absolute atomic E-state index is 0.213. The minimum Gasteiger partial charge on any atom is -0.261 e. The molecule has 0 aromatic heterocycles. The third-order valence-electron chi connectivity index (χ3n) is 3.47. The van der Waals surface area contributed by atoms with Crippen molar-refractivity contribution in [2.45, 2.75) is 11.1 Å². The summed E-state index contributed by atoms with van der Waals surface area (Å²) < 4.78 is 65.4. The molecule has 0 N–H and O–H groups in total. The molecule has 6 nitrogen and oxygen atoms in total. The van der Waals surface area contributed by atoms with Crippen molar-refractivity contribution in [3.63, 3.8) is 0 Å². The first-order valence-electron chi connectivity index (χ1n) is 7.23. The highest BCUT2D eigenvalue weighted by molar-refractivity contribution is 7.92. The molecule has 0 heterocycles. The molecule has 0 aliphatic rings. The second kappa shape index (κ2) is 7.57. The van der Waals surface area contributed by atoms with E-state index in [4.69, 9.17) is 11.6 Å². The van der Waals surface area contributed by atoms with Gasteiger partial charge >= 0.3 is 6.18 Å². The summed E-state index contributed by atoms with van der Waals surface area (Å²) in [5, 5.41) is 10.5. The van der Waals surface area contributed by atoms with Gasteiger partial charge in [-0.1, -0.05) is 17.7 Å². The smallest absolute Gasteiger partial charge is 0.261 e. The van der Waals surface area contributed by atoms with E-state index >= 15 is 0 Å². The fraction of sp³-hybridized carbons (Fsp3) is 0.125. The Morgan fingerprint density at radius 1 is 1.19 bits per heavy atom. The second-order valence-corrected chi connectivity index (χ2v) is 7.51. The van der Waals surface area contributed by atoms with Crippen molar-refractivity contribution < 1.29 is 26.5 Å². The number of hydrogen-bond donors (Lipinski definition) is 0. The van der Waals surface area contributed by atoms with E-state index in [0.717, 1.165) is 36.4 Å². The fourth-order valence-electron chi connectivity index (χ4n) is 2.19. The molecule has 27 heavy (non-hydrogen) atoms. The summed E-state index contributed by atoms with van der Waals surface area (Å²) in [7, 11) is -4.36. The van der Waals surface area contributed by atoms with E-state index in [1.54, 1.807) is 0 Å². The van der Waals surface area contributed by atoms with Crippen LogP contribution in [0.2, 0.25) is 5.02 Å². The Morgan fingerprint density at radius 2 is 1.78 bits per heavy atom. The monoisotopic (exact) mass is 420 g/mol. The van der Waals surface area contributed by atoms with Gasteiger partial charge in [-0.25, -0.2) is 8.42 Å². The van der Waals surface area contributed by atoms with Crippen LogP contribution in [-0.2, 0) is 16.2 Å². The summed E-state index contributed by atoms with van der Waals surface area (Å²) >= 11 is 5.94. The van der Waals surface area contributed by atoms with Gasteiger partial charge in [0, 0.05) is 12.1 Å². The topological polar surface area (TPSA) is 80.5 Å². The lowest BCUT2D eigenvalue weighted by Gasteiger charge is -2.25. The third-order valence-corrected chi connectivity index (χ3v) is 5.59. The van der Waals surface area contributed by atoms with Gasteiger partial charge in [-0.15, -0.1) is 6.58 Å². The summed E-state index contributed by atoms with van der Waals surface area (Å²) in [4.78, 5) is 9.65. The molecule has 2 aromatic rings. The number of benzene rings is 2. The summed E-state index contributed by atoms with van der Waals surface area (Å²) in [5.41, 5.74) is -1.79. The Bertz CT molecular complexity index is 976. The largest absolute Gasteiger partial charge is 0.416 e. The van der Waals surface area contributed by atoms with Crippen molar-refractivity contribution in [2.24, 2.45) is 0 Å². The van der Waals surface area contributed by atoms with Gasteiger partial charge in [0.2, 0.25) is 0 Å². The Hall–Kier alpha value is -2.59. The Balaban J connectivity index is 2.59. The average molecular weight is 421 g/mol. The Kier molecular flexibility index (Phi) is 5.81. The van der Waals surface area contributed by atoms with E-state index in [-0.39, 0.29) is 27.8 Å². The molecule has 0 fully saturated rings. The molecule has 0 radical (unpaired) electrons. The summed E-state index contributed by atoms with van der Waals surface area (Å²) in [5.74, 6) is 0. The molecule has 0 bridgehead atoms. The van der Waals surface area contributed by atoms with E-state index in [1.807, 2.05) is 0 Å². The maximum Gasteiger partial charge on any atom is 0.416 e. The van der Waals surface area contributed by atoms with Crippen LogP contribution < -0.4 is 4.31 Å². The molecule has 0 unspecified atom stereocenters. The number of nitro benzene ring substituents is 1.